The first kappa shape index (κ1) is 10.6. The predicted octanol–water partition coefficient (Wildman–Crippen LogP) is 2.61. The van der Waals surface area contributed by atoms with E-state index in [9.17, 15) is 0 Å². The molecule has 0 saturated carbocycles. The van der Waals surface area contributed by atoms with E-state index in [-0.39, 0.29) is 0 Å². The van der Waals surface area contributed by atoms with E-state index in [4.69, 9.17) is 5.73 Å². The van der Waals surface area contributed by atoms with Gasteiger partial charge in [-0.25, -0.2) is 0 Å². The van der Waals surface area contributed by atoms with Crippen LogP contribution in [0, 0.1) is 6.92 Å². The topological polar surface area (TPSA) is 26.0 Å². The first-order valence-corrected chi connectivity index (χ1v) is 5.84. The summed E-state index contributed by atoms with van der Waals surface area (Å²) in [7, 11) is 0. The summed E-state index contributed by atoms with van der Waals surface area (Å²) < 4.78 is 0. The largest absolute Gasteiger partial charge is 0.330 e. The zero-order valence-corrected chi connectivity index (χ0v) is 9.16. The highest BCUT2D eigenvalue weighted by atomic mass is 32.2. The van der Waals surface area contributed by atoms with Crippen LogP contribution in [0.5, 0.6) is 0 Å². The maximum absolute atomic E-state index is 5.49. The minimum absolute atomic E-state index is 0.781. The van der Waals surface area contributed by atoms with E-state index in [1.54, 1.807) is 11.8 Å². The van der Waals surface area contributed by atoms with Crippen molar-refractivity contribution < 1.29 is 0 Å². The molecule has 0 aromatic heterocycles. The highest BCUT2D eigenvalue weighted by molar-refractivity contribution is 7.98. The van der Waals surface area contributed by atoms with Gasteiger partial charge in [0.25, 0.3) is 0 Å². The summed E-state index contributed by atoms with van der Waals surface area (Å²) in [5.41, 5.74) is 8.31. The first-order chi connectivity index (χ1) is 6.27. The number of hydrogen-bond acceptors (Lipinski definition) is 2. The van der Waals surface area contributed by atoms with Gasteiger partial charge in [-0.3, -0.25) is 0 Å². The fourth-order valence-electron chi connectivity index (χ4n) is 1.34. The lowest BCUT2D eigenvalue weighted by Gasteiger charge is -2.06. The standard InChI is InChI=1S/C11H17NS/c1-9-5-6-11(13-2)8-10(9)4-3-7-12/h5-6,8H,3-4,7,12H2,1-2H3. The Morgan fingerprint density at radius 1 is 1.38 bits per heavy atom. The predicted molar refractivity (Wildman–Crippen MR) is 60.3 cm³/mol. The summed E-state index contributed by atoms with van der Waals surface area (Å²) >= 11 is 1.79. The van der Waals surface area contributed by atoms with Crippen LogP contribution in [0.25, 0.3) is 0 Å². The molecule has 2 N–H and O–H groups in total. The molecule has 0 atom stereocenters. The van der Waals surface area contributed by atoms with Gasteiger partial charge in [0, 0.05) is 4.90 Å². The van der Waals surface area contributed by atoms with E-state index in [2.05, 4.69) is 31.4 Å². The third-order valence-corrected chi connectivity index (χ3v) is 2.93. The van der Waals surface area contributed by atoms with Gasteiger partial charge in [-0.05, 0) is 55.8 Å². The maximum Gasteiger partial charge on any atom is 0.00720 e. The van der Waals surface area contributed by atoms with Crippen LogP contribution in [-0.2, 0) is 6.42 Å². The molecule has 0 aliphatic heterocycles. The minimum atomic E-state index is 0.781. The zero-order chi connectivity index (χ0) is 9.68. The van der Waals surface area contributed by atoms with Crippen molar-refractivity contribution in [1.29, 1.82) is 0 Å². The lowest BCUT2D eigenvalue weighted by molar-refractivity contribution is 0.826. The molecule has 0 unspecified atom stereocenters. The Morgan fingerprint density at radius 2 is 2.15 bits per heavy atom. The van der Waals surface area contributed by atoms with Gasteiger partial charge in [0.15, 0.2) is 0 Å². The van der Waals surface area contributed by atoms with E-state index in [0.717, 1.165) is 19.4 Å². The number of thioether (sulfide) groups is 1. The van der Waals surface area contributed by atoms with Crippen molar-refractivity contribution in [3.63, 3.8) is 0 Å². The average molecular weight is 195 g/mol. The molecule has 1 nitrogen and oxygen atoms in total. The molecular weight excluding hydrogens is 178 g/mol. The molecule has 13 heavy (non-hydrogen) atoms. The highest BCUT2D eigenvalue weighted by Gasteiger charge is 1.99. The third kappa shape index (κ3) is 3.05. The number of aryl methyl sites for hydroxylation is 2. The Morgan fingerprint density at radius 3 is 2.77 bits per heavy atom. The number of rotatable bonds is 4. The van der Waals surface area contributed by atoms with Crippen LogP contribution in [0.4, 0.5) is 0 Å². The molecule has 0 heterocycles. The molecule has 2 heteroatoms. The fourth-order valence-corrected chi connectivity index (χ4v) is 1.80. The molecule has 1 aromatic rings. The summed E-state index contributed by atoms with van der Waals surface area (Å²) in [5, 5.41) is 0. The quantitative estimate of drug-likeness (QED) is 0.747. The van der Waals surface area contributed by atoms with E-state index in [1.165, 1.54) is 16.0 Å². The van der Waals surface area contributed by atoms with E-state index < -0.39 is 0 Å². The monoisotopic (exact) mass is 195 g/mol. The van der Waals surface area contributed by atoms with Crippen LogP contribution >= 0.6 is 11.8 Å². The molecule has 0 spiro atoms. The fraction of sp³-hybridized carbons (Fsp3) is 0.455. The minimum Gasteiger partial charge on any atom is -0.330 e. The summed E-state index contributed by atoms with van der Waals surface area (Å²) in [6.07, 6.45) is 4.30. The van der Waals surface area contributed by atoms with E-state index in [1.807, 2.05) is 0 Å². The molecule has 0 radical (unpaired) electrons. The molecule has 72 valence electrons. The number of nitrogens with two attached hydrogens (primary N) is 1. The molecule has 0 aliphatic rings. The molecule has 0 aliphatic carbocycles. The van der Waals surface area contributed by atoms with Gasteiger partial charge in [-0.1, -0.05) is 6.07 Å². The smallest absolute Gasteiger partial charge is 0.00720 e. The normalized spacial score (nSPS) is 10.4. The van der Waals surface area contributed by atoms with Crippen LogP contribution in [0.1, 0.15) is 17.5 Å². The van der Waals surface area contributed by atoms with Gasteiger partial charge in [0.05, 0.1) is 0 Å². The van der Waals surface area contributed by atoms with Crippen LogP contribution in [0.3, 0.4) is 0 Å². The van der Waals surface area contributed by atoms with Crippen molar-refractivity contribution in [2.75, 3.05) is 12.8 Å². The van der Waals surface area contributed by atoms with E-state index in [0.29, 0.717) is 0 Å². The van der Waals surface area contributed by atoms with Crippen LogP contribution in [-0.4, -0.2) is 12.8 Å². The van der Waals surface area contributed by atoms with Crippen molar-refractivity contribution in [2.24, 2.45) is 5.73 Å². The second-order valence-corrected chi connectivity index (χ2v) is 4.06. The molecule has 0 bridgehead atoms. The summed E-state index contributed by atoms with van der Waals surface area (Å²) in [6, 6.07) is 6.64. The Balaban J connectivity index is 2.78. The number of benzene rings is 1. The second-order valence-electron chi connectivity index (χ2n) is 3.18. The molecule has 0 saturated heterocycles. The average Bonchev–Trinajstić information content (AvgIpc) is 2.17. The van der Waals surface area contributed by atoms with Crippen molar-refractivity contribution in [1.82, 2.24) is 0 Å². The van der Waals surface area contributed by atoms with Gasteiger partial charge in [-0.15, -0.1) is 11.8 Å². The second kappa shape index (κ2) is 5.30. The van der Waals surface area contributed by atoms with Crippen LogP contribution in [0.15, 0.2) is 23.1 Å². The molecular formula is C11H17NS. The number of hydrogen-bond donors (Lipinski definition) is 1. The molecule has 1 aromatic carbocycles. The first-order valence-electron chi connectivity index (χ1n) is 4.61. The Labute approximate surface area is 84.7 Å². The van der Waals surface area contributed by atoms with Gasteiger partial charge < -0.3 is 5.73 Å². The molecule has 0 amide bonds. The maximum atomic E-state index is 5.49. The van der Waals surface area contributed by atoms with Crippen molar-refractivity contribution in [3.05, 3.63) is 29.3 Å². The Kier molecular flexibility index (Phi) is 4.33. The van der Waals surface area contributed by atoms with Gasteiger partial charge >= 0.3 is 0 Å². The van der Waals surface area contributed by atoms with Crippen molar-refractivity contribution in [3.8, 4) is 0 Å². The van der Waals surface area contributed by atoms with E-state index >= 15 is 0 Å². The highest BCUT2D eigenvalue weighted by Crippen LogP contribution is 2.19. The van der Waals surface area contributed by atoms with Gasteiger partial charge in [0.1, 0.15) is 0 Å². The summed E-state index contributed by atoms with van der Waals surface area (Å²) in [6.45, 7) is 2.94. The summed E-state index contributed by atoms with van der Waals surface area (Å²) in [5.74, 6) is 0. The molecule has 0 fully saturated rings. The zero-order valence-electron chi connectivity index (χ0n) is 8.34. The van der Waals surface area contributed by atoms with Gasteiger partial charge in [-0.2, -0.15) is 0 Å². The van der Waals surface area contributed by atoms with Crippen LogP contribution < -0.4 is 5.73 Å². The third-order valence-electron chi connectivity index (χ3n) is 2.21. The van der Waals surface area contributed by atoms with Crippen molar-refractivity contribution in [2.45, 2.75) is 24.7 Å². The summed E-state index contributed by atoms with van der Waals surface area (Å²) in [4.78, 5) is 1.35. The Hall–Kier alpha value is -0.470. The lowest BCUT2D eigenvalue weighted by atomic mass is 10.0. The molecule has 1 rings (SSSR count). The SMILES string of the molecule is CSc1ccc(C)c(CCCN)c1. The Bertz CT molecular complexity index is 271. The lowest BCUT2D eigenvalue weighted by Crippen LogP contribution is -2.01. The van der Waals surface area contributed by atoms with Crippen LogP contribution in [0.2, 0.25) is 0 Å². The van der Waals surface area contributed by atoms with Gasteiger partial charge in [0.2, 0.25) is 0 Å². The van der Waals surface area contributed by atoms with Crippen molar-refractivity contribution >= 4 is 11.8 Å².